The van der Waals surface area contributed by atoms with Crippen LogP contribution in [-0.2, 0) is 11.1 Å². The van der Waals surface area contributed by atoms with Crippen LogP contribution in [0.15, 0.2) is 34.1 Å². The smallest absolute Gasteiger partial charge is 0.334 e. The van der Waals surface area contributed by atoms with Crippen LogP contribution in [0, 0.1) is 6.92 Å². The summed E-state index contributed by atoms with van der Waals surface area (Å²) in [6, 6.07) is 4.54. The van der Waals surface area contributed by atoms with Gasteiger partial charge in [0.1, 0.15) is 17.4 Å². The fourth-order valence-corrected chi connectivity index (χ4v) is 2.68. The number of nitrogens with zero attached hydrogens (tertiary/aromatic N) is 3. The molecule has 0 amide bonds. The highest BCUT2D eigenvalue weighted by Crippen LogP contribution is 2.29. The second-order valence-corrected chi connectivity index (χ2v) is 5.70. The molecule has 0 spiro atoms. The number of fused-ring (bicyclic) bond motifs is 1. The van der Waals surface area contributed by atoms with Crippen molar-refractivity contribution in [2.24, 2.45) is 0 Å². The number of aromatic nitrogens is 4. The molecule has 0 bridgehead atoms. The van der Waals surface area contributed by atoms with Crippen molar-refractivity contribution >= 4 is 16.7 Å². The van der Waals surface area contributed by atoms with E-state index in [2.05, 4.69) is 15.0 Å². The van der Waals surface area contributed by atoms with Crippen molar-refractivity contribution in [2.45, 2.75) is 18.7 Å². The molecule has 0 aliphatic rings. The second-order valence-electron chi connectivity index (χ2n) is 4.73. The Bertz CT molecular complexity index is 963. The molecule has 1 unspecified atom stereocenters. The number of nitrogens with one attached hydrogen (secondary N) is 1. The van der Waals surface area contributed by atoms with Crippen LogP contribution in [0.1, 0.15) is 12.7 Å². The summed E-state index contributed by atoms with van der Waals surface area (Å²) in [6.45, 7) is 3.93. The van der Waals surface area contributed by atoms with Crippen LogP contribution in [0.4, 0.5) is 0 Å². The van der Waals surface area contributed by atoms with E-state index in [4.69, 9.17) is 4.74 Å². The number of benzene rings is 1. The maximum atomic E-state index is 12.2. The van der Waals surface area contributed by atoms with Gasteiger partial charge in [-0.2, -0.15) is 0 Å². The predicted octanol–water partition coefficient (Wildman–Crippen LogP) is 1.37. The molecule has 9 heteroatoms. The number of H-pyrrole nitrogens is 1. The third-order valence-corrected chi connectivity index (χ3v) is 3.94. The lowest BCUT2D eigenvalue weighted by molar-refractivity contribution is 0.341. The van der Waals surface area contributed by atoms with Crippen molar-refractivity contribution in [1.82, 2.24) is 19.4 Å². The van der Waals surface area contributed by atoms with Gasteiger partial charge in [-0.05, 0) is 32.0 Å². The van der Waals surface area contributed by atoms with Crippen molar-refractivity contribution in [1.29, 1.82) is 0 Å². The molecule has 2 heterocycles. The van der Waals surface area contributed by atoms with Gasteiger partial charge in [-0.15, -0.1) is 0 Å². The Kier molecular flexibility index (Phi) is 3.97. The molecule has 0 saturated carbocycles. The largest absolute Gasteiger partial charge is 0.493 e. The minimum absolute atomic E-state index is 0.190. The summed E-state index contributed by atoms with van der Waals surface area (Å²) >= 11 is -2.15. The summed E-state index contributed by atoms with van der Waals surface area (Å²) in [4.78, 5) is 23.5. The molecule has 0 aliphatic carbocycles. The molecular weight excluding hydrogens is 320 g/mol. The monoisotopic (exact) mass is 334 g/mol. The van der Waals surface area contributed by atoms with Gasteiger partial charge in [-0.25, -0.2) is 23.4 Å². The second kappa shape index (κ2) is 5.94. The lowest BCUT2D eigenvalue weighted by atomic mass is 10.2. The molecular formula is C14H14N4O4S. The van der Waals surface area contributed by atoms with Crippen LogP contribution in [0.3, 0.4) is 0 Å². The van der Waals surface area contributed by atoms with Crippen LogP contribution in [0.25, 0.3) is 17.0 Å². The van der Waals surface area contributed by atoms with E-state index in [9.17, 15) is 13.6 Å². The van der Waals surface area contributed by atoms with Gasteiger partial charge in [-0.1, -0.05) is 0 Å². The normalized spacial score (nSPS) is 12.5. The Morgan fingerprint density at radius 1 is 1.43 bits per heavy atom. The first kappa shape index (κ1) is 15.4. The van der Waals surface area contributed by atoms with Crippen LogP contribution in [-0.4, -0.2) is 34.7 Å². The van der Waals surface area contributed by atoms with E-state index in [0.29, 0.717) is 29.4 Å². The molecule has 2 N–H and O–H groups in total. The highest BCUT2D eigenvalue weighted by atomic mass is 32.2. The van der Waals surface area contributed by atoms with Gasteiger partial charge in [0.25, 0.3) is 0 Å². The Morgan fingerprint density at radius 3 is 2.91 bits per heavy atom. The highest BCUT2D eigenvalue weighted by Gasteiger charge is 2.15. The summed E-state index contributed by atoms with van der Waals surface area (Å²) in [5, 5.41) is 0. The minimum Gasteiger partial charge on any atom is -0.493 e. The third-order valence-electron chi connectivity index (χ3n) is 3.28. The Labute approximate surface area is 133 Å². The molecule has 0 fully saturated rings. The number of hydrogen-bond donors (Lipinski definition) is 2. The molecule has 3 aromatic rings. The van der Waals surface area contributed by atoms with Gasteiger partial charge >= 0.3 is 5.69 Å². The van der Waals surface area contributed by atoms with Crippen molar-refractivity contribution in [2.75, 3.05) is 6.61 Å². The van der Waals surface area contributed by atoms with E-state index < -0.39 is 16.8 Å². The van der Waals surface area contributed by atoms with Gasteiger partial charge in [-0.3, -0.25) is 4.98 Å². The number of hydrogen-bond acceptors (Lipinski definition) is 5. The fourth-order valence-electron chi connectivity index (χ4n) is 2.27. The summed E-state index contributed by atoms with van der Waals surface area (Å²) in [5.41, 5.74) is 0.433. The SMILES string of the molecule is CCOc1ccc(S(=O)O)cc1-c1nc2cnc(C)n2c(=O)[nH]1. The summed E-state index contributed by atoms with van der Waals surface area (Å²) in [7, 11) is 0. The maximum Gasteiger partial charge on any atom is 0.334 e. The van der Waals surface area contributed by atoms with E-state index in [0.717, 1.165) is 0 Å². The molecule has 0 radical (unpaired) electrons. The molecule has 120 valence electrons. The molecule has 1 atom stereocenters. The summed E-state index contributed by atoms with van der Waals surface area (Å²) < 4.78 is 27.4. The number of aromatic amines is 1. The lowest BCUT2D eigenvalue weighted by Crippen LogP contribution is -2.19. The topological polar surface area (TPSA) is 110 Å². The van der Waals surface area contributed by atoms with Gasteiger partial charge in [0.2, 0.25) is 0 Å². The van der Waals surface area contributed by atoms with Crippen LogP contribution < -0.4 is 10.4 Å². The standard InChI is InChI=1S/C14H14N4O4S/c1-3-22-11-5-4-9(23(20)21)6-10(11)13-16-12-7-15-8(2)18(12)14(19)17-13/h4-7H,3H2,1-2H3,(H,20,21)(H,16,17,19). The first-order valence-electron chi connectivity index (χ1n) is 6.83. The fraction of sp³-hybridized carbons (Fsp3) is 0.214. The Balaban J connectivity index is 2.25. The predicted molar refractivity (Wildman–Crippen MR) is 84.0 cm³/mol. The van der Waals surface area contributed by atoms with Gasteiger partial charge < -0.3 is 9.29 Å². The average molecular weight is 334 g/mol. The zero-order valence-electron chi connectivity index (χ0n) is 12.4. The molecule has 2 aromatic heterocycles. The first-order chi connectivity index (χ1) is 11.0. The van der Waals surface area contributed by atoms with E-state index >= 15 is 0 Å². The van der Waals surface area contributed by atoms with E-state index in [-0.39, 0.29) is 10.7 Å². The summed E-state index contributed by atoms with van der Waals surface area (Å²) in [5.74, 6) is 1.24. The number of ether oxygens (including phenoxy) is 1. The van der Waals surface area contributed by atoms with Crippen molar-refractivity contribution in [3.05, 3.63) is 40.7 Å². The zero-order valence-corrected chi connectivity index (χ0v) is 13.3. The molecule has 8 nitrogen and oxygen atoms in total. The number of rotatable bonds is 4. The number of aryl methyl sites for hydroxylation is 1. The van der Waals surface area contributed by atoms with Gasteiger partial charge in [0.15, 0.2) is 16.7 Å². The van der Waals surface area contributed by atoms with Crippen LogP contribution >= 0.6 is 0 Å². The Morgan fingerprint density at radius 2 is 2.22 bits per heavy atom. The van der Waals surface area contributed by atoms with E-state index in [1.807, 2.05) is 6.92 Å². The minimum atomic E-state index is -2.15. The van der Waals surface area contributed by atoms with Crippen LogP contribution in [0.2, 0.25) is 0 Å². The van der Waals surface area contributed by atoms with Crippen molar-refractivity contribution < 1.29 is 13.5 Å². The molecule has 3 rings (SSSR count). The maximum absolute atomic E-state index is 12.2. The third kappa shape index (κ3) is 2.76. The highest BCUT2D eigenvalue weighted by molar-refractivity contribution is 7.79. The molecule has 23 heavy (non-hydrogen) atoms. The van der Waals surface area contributed by atoms with E-state index in [1.54, 1.807) is 13.0 Å². The Hall–Kier alpha value is -2.52. The number of imidazole rings is 1. The average Bonchev–Trinajstić information content (AvgIpc) is 2.89. The molecule has 0 aliphatic heterocycles. The van der Waals surface area contributed by atoms with Gasteiger partial charge in [0, 0.05) is 0 Å². The zero-order chi connectivity index (χ0) is 16.6. The van der Waals surface area contributed by atoms with Crippen molar-refractivity contribution in [3.8, 4) is 17.1 Å². The lowest BCUT2D eigenvalue weighted by Gasteiger charge is -2.11. The van der Waals surface area contributed by atoms with Gasteiger partial charge in [0.05, 0.1) is 23.3 Å². The summed E-state index contributed by atoms with van der Waals surface area (Å²) in [6.07, 6.45) is 1.49. The van der Waals surface area contributed by atoms with Crippen LogP contribution in [0.5, 0.6) is 5.75 Å². The van der Waals surface area contributed by atoms with E-state index in [1.165, 1.54) is 22.7 Å². The molecule has 1 aromatic carbocycles. The quantitative estimate of drug-likeness (QED) is 0.697. The van der Waals surface area contributed by atoms with Crippen molar-refractivity contribution in [3.63, 3.8) is 0 Å². The first-order valence-corrected chi connectivity index (χ1v) is 7.94. The molecule has 0 saturated heterocycles.